The number of aliphatic hydroxyl groups excluding tert-OH is 1. The lowest BCUT2D eigenvalue weighted by molar-refractivity contribution is -0.384. The van der Waals surface area contributed by atoms with Gasteiger partial charge >= 0.3 is 5.97 Å². The van der Waals surface area contributed by atoms with Crippen LogP contribution >= 0.6 is 0 Å². The van der Waals surface area contributed by atoms with Crippen LogP contribution in [0, 0.1) is 10.1 Å². The van der Waals surface area contributed by atoms with Crippen LogP contribution < -0.4 is 4.90 Å². The number of anilines is 1. The first kappa shape index (κ1) is 18.1. The van der Waals surface area contributed by atoms with E-state index < -0.39 is 28.6 Å². The van der Waals surface area contributed by atoms with E-state index in [0.717, 1.165) is 0 Å². The van der Waals surface area contributed by atoms with Crippen LogP contribution in [0.15, 0.2) is 65.9 Å². The molecule has 0 bridgehead atoms. The van der Waals surface area contributed by atoms with Gasteiger partial charge in [0.25, 0.3) is 11.6 Å². The average Bonchev–Trinajstić information content (AvgIpc) is 2.94. The van der Waals surface area contributed by atoms with E-state index in [2.05, 4.69) is 0 Å². The van der Waals surface area contributed by atoms with Gasteiger partial charge < -0.3 is 9.84 Å². The Hall–Kier alpha value is -3.68. The summed E-state index contributed by atoms with van der Waals surface area (Å²) < 4.78 is 5.00. The Morgan fingerprint density at radius 2 is 1.81 bits per heavy atom. The maximum Gasteiger partial charge on any atom is 0.340 e. The largest absolute Gasteiger partial charge is 0.503 e. The number of esters is 1. The molecule has 0 saturated heterocycles. The van der Waals surface area contributed by atoms with Gasteiger partial charge in [0.15, 0.2) is 5.76 Å². The molecular weight excluding hydrogens is 352 g/mol. The molecule has 8 heteroatoms. The second-order valence-corrected chi connectivity index (χ2v) is 5.74. The van der Waals surface area contributed by atoms with Gasteiger partial charge in [-0.25, -0.2) is 4.79 Å². The molecule has 1 N–H and O–H groups in total. The van der Waals surface area contributed by atoms with Gasteiger partial charge in [-0.3, -0.25) is 19.8 Å². The fourth-order valence-corrected chi connectivity index (χ4v) is 2.97. The Morgan fingerprint density at radius 1 is 1.19 bits per heavy atom. The summed E-state index contributed by atoms with van der Waals surface area (Å²) in [6.45, 7) is 1.68. The zero-order chi connectivity index (χ0) is 19.6. The number of ether oxygens (including phenoxy) is 1. The van der Waals surface area contributed by atoms with Crippen molar-refractivity contribution in [2.45, 2.75) is 13.0 Å². The number of nitro groups is 1. The summed E-state index contributed by atoms with van der Waals surface area (Å²) >= 11 is 0. The SMILES string of the molecule is CCOC(=O)C1=C(O)C(=O)N(c2ccccc2)[C@@H]1c1ccc([N+](=O)[O-])cc1. The van der Waals surface area contributed by atoms with Crippen molar-refractivity contribution >= 4 is 23.3 Å². The van der Waals surface area contributed by atoms with E-state index in [1.165, 1.54) is 29.2 Å². The molecule has 8 nitrogen and oxygen atoms in total. The third-order valence-corrected chi connectivity index (χ3v) is 4.16. The van der Waals surface area contributed by atoms with E-state index in [1.54, 1.807) is 37.3 Å². The highest BCUT2D eigenvalue weighted by Gasteiger charge is 2.45. The van der Waals surface area contributed by atoms with Gasteiger partial charge in [0.05, 0.1) is 17.6 Å². The van der Waals surface area contributed by atoms with Gasteiger partial charge in [-0.2, -0.15) is 0 Å². The molecule has 1 atom stereocenters. The van der Waals surface area contributed by atoms with Gasteiger partial charge in [-0.05, 0) is 36.8 Å². The van der Waals surface area contributed by atoms with Crippen LogP contribution in [0.1, 0.15) is 18.5 Å². The first-order chi connectivity index (χ1) is 13.0. The van der Waals surface area contributed by atoms with E-state index in [0.29, 0.717) is 11.3 Å². The number of nitrogens with zero attached hydrogens (tertiary/aromatic N) is 2. The van der Waals surface area contributed by atoms with Crippen molar-refractivity contribution in [1.82, 2.24) is 0 Å². The summed E-state index contributed by atoms with van der Waals surface area (Å²) in [4.78, 5) is 36.7. The number of nitro benzene ring substituents is 1. The second kappa shape index (κ2) is 7.28. The van der Waals surface area contributed by atoms with Gasteiger partial charge in [-0.1, -0.05) is 18.2 Å². The maximum atomic E-state index is 12.7. The van der Waals surface area contributed by atoms with Crippen molar-refractivity contribution in [3.05, 3.63) is 81.6 Å². The average molecular weight is 368 g/mol. The summed E-state index contributed by atoms with van der Waals surface area (Å²) in [5, 5.41) is 21.2. The van der Waals surface area contributed by atoms with Crippen LogP contribution in [-0.2, 0) is 14.3 Å². The fraction of sp³-hybridized carbons (Fsp3) is 0.158. The number of benzene rings is 2. The second-order valence-electron chi connectivity index (χ2n) is 5.74. The van der Waals surface area contributed by atoms with Crippen LogP contribution in [0.25, 0.3) is 0 Å². The number of hydrogen-bond acceptors (Lipinski definition) is 6. The highest BCUT2D eigenvalue weighted by molar-refractivity contribution is 6.15. The Labute approximate surface area is 154 Å². The fourth-order valence-electron chi connectivity index (χ4n) is 2.97. The quantitative estimate of drug-likeness (QED) is 0.493. The Balaban J connectivity index is 2.13. The molecule has 0 unspecified atom stereocenters. The van der Waals surface area contributed by atoms with Crippen LogP contribution in [0.5, 0.6) is 0 Å². The van der Waals surface area contributed by atoms with Gasteiger partial charge in [0, 0.05) is 17.8 Å². The number of carbonyl (C=O) groups is 2. The molecule has 0 radical (unpaired) electrons. The number of para-hydroxylation sites is 1. The van der Waals surface area contributed by atoms with Gasteiger partial charge in [0.1, 0.15) is 5.57 Å². The van der Waals surface area contributed by atoms with Crippen molar-refractivity contribution in [2.75, 3.05) is 11.5 Å². The smallest absolute Gasteiger partial charge is 0.340 e. The number of rotatable bonds is 5. The van der Waals surface area contributed by atoms with E-state index >= 15 is 0 Å². The van der Waals surface area contributed by atoms with E-state index in [-0.39, 0.29) is 17.9 Å². The van der Waals surface area contributed by atoms with Crippen molar-refractivity contribution in [3.63, 3.8) is 0 Å². The molecule has 1 aliphatic rings. The summed E-state index contributed by atoms with van der Waals surface area (Å²) in [6, 6.07) is 13.0. The first-order valence-electron chi connectivity index (χ1n) is 8.19. The van der Waals surface area contributed by atoms with Crippen molar-refractivity contribution < 1.29 is 24.4 Å². The standard InChI is InChI=1S/C19H16N2O6/c1-2-27-19(24)15-16(12-8-10-14(11-9-12)21(25)26)20(18(23)17(15)22)13-6-4-3-5-7-13/h3-11,16,22H,2H2,1H3/t16-/m1/s1. The van der Waals surface area contributed by atoms with Gasteiger partial charge in [0.2, 0.25) is 0 Å². The van der Waals surface area contributed by atoms with Crippen LogP contribution in [-0.4, -0.2) is 28.5 Å². The maximum absolute atomic E-state index is 12.7. The topological polar surface area (TPSA) is 110 Å². The Morgan fingerprint density at radius 3 is 2.37 bits per heavy atom. The molecule has 138 valence electrons. The lowest BCUT2D eigenvalue weighted by atomic mass is 9.98. The number of carbonyl (C=O) groups excluding carboxylic acids is 2. The van der Waals surface area contributed by atoms with Crippen LogP contribution in [0.3, 0.4) is 0 Å². The normalized spacial score (nSPS) is 16.6. The van der Waals surface area contributed by atoms with Gasteiger partial charge in [-0.15, -0.1) is 0 Å². The Kier molecular flexibility index (Phi) is 4.89. The third-order valence-electron chi connectivity index (χ3n) is 4.16. The first-order valence-corrected chi connectivity index (χ1v) is 8.19. The number of non-ortho nitro benzene ring substituents is 1. The highest BCUT2D eigenvalue weighted by atomic mass is 16.6. The van der Waals surface area contributed by atoms with Crippen molar-refractivity contribution in [2.24, 2.45) is 0 Å². The molecule has 0 spiro atoms. The molecule has 0 fully saturated rings. The monoisotopic (exact) mass is 368 g/mol. The van der Waals surface area contributed by atoms with Crippen LogP contribution in [0.4, 0.5) is 11.4 Å². The van der Waals surface area contributed by atoms with E-state index in [4.69, 9.17) is 4.74 Å². The molecule has 1 amide bonds. The molecule has 0 aromatic heterocycles. The van der Waals surface area contributed by atoms with Crippen molar-refractivity contribution in [1.29, 1.82) is 0 Å². The predicted octanol–water partition coefficient (Wildman–Crippen LogP) is 3.06. The molecule has 0 saturated carbocycles. The zero-order valence-corrected chi connectivity index (χ0v) is 14.4. The minimum Gasteiger partial charge on any atom is -0.503 e. The zero-order valence-electron chi connectivity index (χ0n) is 14.4. The molecule has 1 aliphatic heterocycles. The highest BCUT2D eigenvalue weighted by Crippen LogP contribution is 2.41. The number of hydrogen-bond donors (Lipinski definition) is 1. The van der Waals surface area contributed by atoms with E-state index in [9.17, 15) is 24.8 Å². The molecular formula is C19H16N2O6. The minimum atomic E-state index is -0.959. The molecule has 27 heavy (non-hydrogen) atoms. The van der Waals surface area contributed by atoms with Crippen LogP contribution in [0.2, 0.25) is 0 Å². The number of amides is 1. The van der Waals surface area contributed by atoms with E-state index in [1.807, 2.05) is 0 Å². The molecule has 2 aromatic rings. The molecule has 2 aromatic carbocycles. The van der Waals surface area contributed by atoms with Crippen molar-refractivity contribution in [3.8, 4) is 0 Å². The summed E-state index contributed by atoms with van der Waals surface area (Å²) in [6.07, 6.45) is 0. The number of aliphatic hydroxyl groups is 1. The molecule has 3 rings (SSSR count). The third kappa shape index (κ3) is 3.24. The summed E-state index contributed by atoms with van der Waals surface area (Å²) in [5.41, 5.74) is 0.585. The molecule has 0 aliphatic carbocycles. The Bertz CT molecular complexity index is 921. The predicted molar refractivity (Wildman–Crippen MR) is 96.1 cm³/mol. The minimum absolute atomic E-state index is 0.0715. The summed E-state index contributed by atoms with van der Waals surface area (Å²) in [5.74, 6) is -2.25. The summed E-state index contributed by atoms with van der Waals surface area (Å²) in [7, 11) is 0. The molecule has 1 heterocycles. The lowest BCUT2D eigenvalue weighted by Gasteiger charge is -2.26. The lowest BCUT2D eigenvalue weighted by Crippen LogP contribution is -2.31.